The van der Waals surface area contributed by atoms with Gasteiger partial charge in [-0.25, -0.2) is 4.79 Å². The van der Waals surface area contributed by atoms with Gasteiger partial charge in [0.1, 0.15) is 4.88 Å². The topological polar surface area (TPSA) is 46.5 Å². The molecule has 0 radical (unpaired) electrons. The van der Waals surface area contributed by atoms with Gasteiger partial charge in [0, 0.05) is 4.88 Å². The van der Waals surface area contributed by atoms with Crippen LogP contribution in [0.15, 0.2) is 18.2 Å². The van der Waals surface area contributed by atoms with Crippen LogP contribution in [0.25, 0.3) is 0 Å². The molecular formula is C11H14O3S. The van der Waals surface area contributed by atoms with E-state index in [-0.39, 0.29) is 0 Å². The number of rotatable bonds is 5. The summed E-state index contributed by atoms with van der Waals surface area (Å²) in [5.74, 6) is -0.872. The number of thiophene rings is 1. The third-order valence-corrected chi connectivity index (χ3v) is 3.02. The van der Waals surface area contributed by atoms with Crippen LogP contribution in [0.4, 0.5) is 0 Å². The van der Waals surface area contributed by atoms with E-state index in [4.69, 9.17) is 9.84 Å². The fourth-order valence-electron chi connectivity index (χ4n) is 1.10. The molecule has 1 rings (SSSR count). The highest BCUT2D eigenvalue weighted by atomic mass is 32.1. The zero-order valence-electron chi connectivity index (χ0n) is 8.82. The molecule has 1 N–H and O–H groups in total. The van der Waals surface area contributed by atoms with Crippen molar-refractivity contribution in [3.63, 3.8) is 0 Å². The lowest BCUT2D eigenvalue weighted by Gasteiger charge is -1.99. The molecule has 0 atom stereocenters. The van der Waals surface area contributed by atoms with Gasteiger partial charge in [-0.1, -0.05) is 12.2 Å². The zero-order valence-corrected chi connectivity index (χ0v) is 9.63. The van der Waals surface area contributed by atoms with E-state index in [0.717, 1.165) is 10.4 Å². The van der Waals surface area contributed by atoms with Crippen molar-refractivity contribution in [1.82, 2.24) is 0 Å². The maximum atomic E-state index is 10.7. The minimum absolute atomic E-state index is 0.372. The maximum absolute atomic E-state index is 10.7. The van der Waals surface area contributed by atoms with Crippen LogP contribution in [0, 0.1) is 6.92 Å². The van der Waals surface area contributed by atoms with Gasteiger partial charge in [0.05, 0.1) is 13.2 Å². The van der Waals surface area contributed by atoms with Crippen molar-refractivity contribution < 1.29 is 14.6 Å². The predicted molar refractivity (Wildman–Crippen MR) is 60.5 cm³/mol. The van der Waals surface area contributed by atoms with Crippen LogP contribution in [0.2, 0.25) is 0 Å². The Hall–Kier alpha value is -1.13. The van der Waals surface area contributed by atoms with Crippen molar-refractivity contribution in [2.75, 3.05) is 6.61 Å². The molecular weight excluding hydrogens is 212 g/mol. The van der Waals surface area contributed by atoms with Gasteiger partial charge in [-0.15, -0.1) is 11.3 Å². The average Bonchev–Trinajstić information content (AvgIpc) is 2.55. The largest absolute Gasteiger partial charge is 0.477 e. The Morgan fingerprint density at radius 2 is 2.40 bits per heavy atom. The number of hydrogen-bond acceptors (Lipinski definition) is 3. The number of aryl methyl sites for hydroxylation is 1. The maximum Gasteiger partial charge on any atom is 0.345 e. The quantitative estimate of drug-likeness (QED) is 0.620. The molecule has 0 bridgehead atoms. The Balaban J connectivity index is 2.57. The number of carboxylic acid groups (broad SMARTS) is 1. The highest BCUT2D eigenvalue weighted by Crippen LogP contribution is 2.22. The minimum atomic E-state index is -0.872. The van der Waals surface area contributed by atoms with Crippen LogP contribution in [0.5, 0.6) is 0 Å². The van der Waals surface area contributed by atoms with Crippen LogP contribution in [0.3, 0.4) is 0 Å². The molecule has 0 amide bonds. The second-order valence-electron chi connectivity index (χ2n) is 3.08. The molecule has 0 aliphatic carbocycles. The summed E-state index contributed by atoms with van der Waals surface area (Å²) < 4.78 is 5.36. The molecule has 0 saturated heterocycles. The zero-order chi connectivity index (χ0) is 11.3. The van der Waals surface area contributed by atoms with Crippen LogP contribution < -0.4 is 0 Å². The molecule has 3 nitrogen and oxygen atoms in total. The summed E-state index contributed by atoms with van der Waals surface area (Å²) in [5.41, 5.74) is 0.960. The fourth-order valence-corrected chi connectivity index (χ4v) is 1.97. The molecule has 82 valence electrons. The Labute approximate surface area is 93.0 Å². The molecule has 0 saturated carbocycles. The second kappa shape index (κ2) is 5.68. The lowest BCUT2D eigenvalue weighted by atomic mass is 10.2. The van der Waals surface area contributed by atoms with Crippen molar-refractivity contribution in [1.29, 1.82) is 0 Å². The number of ether oxygens (including phenoxy) is 1. The monoisotopic (exact) mass is 226 g/mol. The molecule has 1 aromatic heterocycles. The van der Waals surface area contributed by atoms with Crippen molar-refractivity contribution in [2.24, 2.45) is 0 Å². The number of carbonyl (C=O) groups is 1. The van der Waals surface area contributed by atoms with Crippen LogP contribution in [0.1, 0.15) is 27.0 Å². The molecule has 0 unspecified atom stereocenters. The molecule has 0 spiro atoms. The number of hydrogen-bond donors (Lipinski definition) is 1. The summed E-state index contributed by atoms with van der Waals surface area (Å²) >= 11 is 1.29. The van der Waals surface area contributed by atoms with E-state index in [1.165, 1.54) is 11.3 Å². The normalized spacial score (nSPS) is 11.1. The summed E-state index contributed by atoms with van der Waals surface area (Å²) in [4.78, 5) is 12.1. The first-order chi connectivity index (χ1) is 7.15. The highest BCUT2D eigenvalue weighted by Gasteiger charge is 2.10. The molecule has 0 aliphatic heterocycles. The lowest BCUT2D eigenvalue weighted by Crippen LogP contribution is -1.93. The van der Waals surface area contributed by atoms with E-state index in [1.54, 1.807) is 6.07 Å². The minimum Gasteiger partial charge on any atom is -0.477 e. The van der Waals surface area contributed by atoms with Crippen molar-refractivity contribution in [3.05, 3.63) is 33.5 Å². The first-order valence-corrected chi connectivity index (χ1v) is 5.48. The molecule has 4 heteroatoms. The van der Waals surface area contributed by atoms with Crippen molar-refractivity contribution >= 4 is 17.3 Å². The van der Waals surface area contributed by atoms with Gasteiger partial charge in [0.2, 0.25) is 0 Å². The highest BCUT2D eigenvalue weighted by molar-refractivity contribution is 7.14. The van der Waals surface area contributed by atoms with E-state index in [1.807, 2.05) is 26.0 Å². The predicted octanol–water partition coefficient (Wildman–Crippen LogP) is 2.85. The van der Waals surface area contributed by atoms with Crippen LogP contribution in [-0.4, -0.2) is 17.7 Å². The Bertz CT molecular complexity index is 366. The summed E-state index contributed by atoms with van der Waals surface area (Å²) in [5, 5.41) is 8.79. The molecule has 0 aliphatic rings. The fraction of sp³-hybridized carbons (Fsp3) is 0.364. The van der Waals surface area contributed by atoms with Gasteiger partial charge in [-0.2, -0.15) is 0 Å². The Morgan fingerprint density at radius 3 is 2.93 bits per heavy atom. The number of allylic oxidation sites excluding steroid dienone is 1. The van der Waals surface area contributed by atoms with Crippen LogP contribution in [-0.2, 0) is 11.3 Å². The smallest absolute Gasteiger partial charge is 0.345 e. The van der Waals surface area contributed by atoms with E-state index in [9.17, 15) is 4.79 Å². The van der Waals surface area contributed by atoms with Gasteiger partial charge >= 0.3 is 5.97 Å². The summed E-state index contributed by atoms with van der Waals surface area (Å²) in [6.45, 7) is 4.88. The SMILES string of the molecule is C/C=C/COCc1cc(C(=O)O)sc1C. The van der Waals surface area contributed by atoms with Crippen molar-refractivity contribution in [2.45, 2.75) is 20.5 Å². The van der Waals surface area contributed by atoms with Gasteiger partial charge in [-0.05, 0) is 25.5 Å². The van der Waals surface area contributed by atoms with Crippen molar-refractivity contribution in [3.8, 4) is 0 Å². The molecule has 0 fully saturated rings. The average molecular weight is 226 g/mol. The Morgan fingerprint density at radius 1 is 1.67 bits per heavy atom. The summed E-state index contributed by atoms with van der Waals surface area (Å²) in [6, 6.07) is 1.68. The molecule has 0 aromatic carbocycles. The first-order valence-electron chi connectivity index (χ1n) is 4.66. The van der Waals surface area contributed by atoms with Gasteiger partial charge in [-0.3, -0.25) is 0 Å². The first kappa shape index (κ1) is 11.9. The van der Waals surface area contributed by atoms with Gasteiger partial charge in [0.25, 0.3) is 0 Å². The standard InChI is InChI=1S/C11H14O3S/c1-3-4-5-14-7-9-6-10(11(12)13)15-8(9)2/h3-4,6H,5,7H2,1-2H3,(H,12,13)/b4-3+. The van der Waals surface area contributed by atoms with Gasteiger partial charge < -0.3 is 9.84 Å². The van der Waals surface area contributed by atoms with E-state index in [0.29, 0.717) is 18.1 Å². The van der Waals surface area contributed by atoms with E-state index < -0.39 is 5.97 Å². The third kappa shape index (κ3) is 3.49. The Kier molecular flexibility index (Phi) is 4.52. The summed E-state index contributed by atoms with van der Waals surface area (Å²) in [7, 11) is 0. The molecule has 15 heavy (non-hydrogen) atoms. The van der Waals surface area contributed by atoms with E-state index >= 15 is 0 Å². The van der Waals surface area contributed by atoms with Crippen LogP contribution >= 0.6 is 11.3 Å². The second-order valence-corrected chi connectivity index (χ2v) is 4.34. The number of carboxylic acids is 1. The molecule has 1 aromatic rings. The third-order valence-electron chi connectivity index (χ3n) is 1.94. The van der Waals surface area contributed by atoms with E-state index in [2.05, 4.69) is 0 Å². The summed E-state index contributed by atoms with van der Waals surface area (Å²) in [6.07, 6.45) is 3.84. The number of aromatic carboxylic acids is 1. The van der Waals surface area contributed by atoms with Gasteiger partial charge in [0.15, 0.2) is 0 Å². The lowest BCUT2D eigenvalue weighted by molar-refractivity contribution is 0.0702. The molecule has 1 heterocycles.